The van der Waals surface area contributed by atoms with Crippen LogP contribution < -0.4 is 19.6 Å². The number of hydrogen-bond acceptors (Lipinski definition) is 7. The topological polar surface area (TPSA) is 112 Å². The molecule has 0 aliphatic carbocycles. The minimum Gasteiger partial charge on any atom is -0.496 e. The largest absolute Gasteiger partial charge is 0.496 e. The molecule has 0 saturated carbocycles. The number of nitro benzene ring substituents is 1. The van der Waals surface area contributed by atoms with E-state index < -0.39 is 10.8 Å². The maximum atomic E-state index is 12.2. The summed E-state index contributed by atoms with van der Waals surface area (Å²) in [6.45, 7) is -0.0155. The van der Waals surface area contributed by atoms with E-state index in [1.54, 1.807) is 12.1 Å². The van der Waals surface area contributed by atoms with Gasteiger partial charge in [-0.05, 0) is 24.3 Å². The van der Waals surface area contributed by atoms with E-state index in [0.717, 1.165) is 6.21 Å². The van der Waals surface area contributed by atoms with Gasteiger partial charge in [0.2, 0.25) is 6.79 Å². The van der Waals surface area contributed by atoms with E-state index in [0.29, 0.717) is 16.5 Å². The van der Waals surface area contributed by atoms with E-state index in [1.165, 1.54) is 25.3 Å². The molecular formula is C16H12ClN3O6. The number of halogens is 1. The van der Waals surface area contributed by atoms with E-state index in [1.807, 2.05) is 0 Å². The van der Waals surface area contributed by atoms with Crippen molar-refractivity contribution < 1.29 is 23.9 Å². The predicted octanol–water partition coefficient (Wildman–Crippen LogP) is 2.75. The molecule has 0 unspecified atom stereocenters. The molecular weight excluding hydrogens is 366 g/mol. The average Bonchev–Trinajstić information content (AvgIpc) is 3.08. The molecule has 9 nitrogen and oxygen atoms in total. The van der Waals surface area contributed by atoms with Gasteiger partial charge in [-0.3, -0.25) is 14.9 Å². The molecule has 1 amide bonds. The Morgan fingerprint density at radius 1 is 1.35 bits per heavy atom. The van der Waals surface area contributed by atoms with Gasteiger partial charge in [0.1, 0.15) is 5.75 Å². The first kappa shape index (κ1) is 17.5. The molecule has 26 heavy (non-hydrogen) atoms. The third-order valence-electron chi connectivity index (χ3n) is 3.49. The van der Waals surface area contributed by atoms with E-state index in [-0.39, 0.29) is 29.4 Å². The summed E-state index contributed by atoms with van der Waals surface area (Å²) in [5.74, 6) is 0.376. The van der Waals surface area contributed by atoms with Crippen molar-refractivity contribution in [3.63, 3.8) is 0 Å². The van der Waals surface area contributed by atoms with Crippen molar-refractivity contribution in [2.75, 3.05) is 13.9 Å². The monoisotopic (exact) mass is 377 g/mol. The van der Waals surface area contributed by atoms with Crippen LogP contribution in [0.1, 0.15) is 15.9 Å². The van der Waals surface area contributed by atoms with Gasteiger partial charge in [-0.15, -0.1) is 0 Å². The van der Waals surface area contributed by atoms with Crippen molar-refractivity contribution in [1.82, 2.24) is 5.43 Å². The van der Waals surface area contributed by atoms with Crippen LogP contribution in [0.3, 0.4) is 0 Å². The zero-order valence-corrected chi connectivity index (χ0v) is 14.1. The summed E-state index contributed by atoms with van der Waals surface area (Å²) in [5, 5.41) is 15.3. The van der Waals surface area contributed by atoms with Crippen LogP contribution >= 0.6 is 11.6 Å². The van der Waals surface area contributed by atoms with Crippen LogP contribution in [0, 0.1) is 10.1 Å². The summed E-state index contributed by atoms with van der Waals surface area (Å²) in [5.41, 5.74) is 2.38. The Morgan fingerprint density at radius 2 is 2.08 bits per heavy atom. The predicted molar refractivity (Wildman–Crippen MR) is 92.3 cm³/mol. The van der Waals surface area contributed by atoms with Crippen LogP contribution in [0.15, 0.2) is 35.4 Å². The molecule has 0 saturated heterocycles. The minimum absolute atomic E-state index is 0.0155. The van der Waals surface area contributed by atoms with Crippen LogP contribution in [0.5, 0.6) is 17.2 Å². The molecule has 0 bridgehead atoms. The van der Waals surface area contributed by atoms with Crippen LogP contribution in [0.4, 0.5) is 5.69 Å². The molecule has 0 aromatic heterocycles. The van der Waals surface area contributed by atoms with Crippen molar-refractivity contribution in [3.8, 4) is 17.2 Å². The lowest BCUT2D eigenvalue weighted by atomic mass is 10.1. The molecule has 1 aliphatic heterocycles. The average molecular weight is 378 g/mol. The third kappa shape index (κ3) is 3.52. The van der Waals surface area contributed by atoms with Gasteiger partial charge in [0.25, 0.3) is 11.6 Å². The molecule has 134 valence electrons. The van der Waals surface area contributed by atoms with Crippen molar-refractivity contribution >= 4 is 29.4 Å². The lowest BCUT2D eigenvalue weighted by molar-refractivity contribution is -0.385. The molecule has 1 aliphatic rings. The number of benzene rings is 2. The fourth-order valence-electron chi connectivity index (χ4n) is 2.29. The zero-order chi connectivity index (χ0) is 18.7. The maximum Gasteiger partial charge on any atom is 0.282 e. The van der Waals surface area contributed by atoms with Gasteiger partial charge in [-0.25, -0.2) is 5.43 Å². The zero-order valence-electron chi connectivity index (χ0n) is 13.4. The molecule has 1 heterocycles. The van der Waals surface area contributed by atoms with Crippen molar-refractivity contribution in [2.45, 2.75) is 0 Å². The first-order chi connectivity index (χ1) is 12.5. The molecule has 0 atom stereocenters. The number of nitro groups is 1. The molecule has 1 N–H and O–H groups in total. The molecule has 0 fully saturated rings. The molecule has 2 aromatic rings. The number of amides is 1. The Bertz CT molecular complexity index is 915. The summed E-state index contributed by atoms with van der Waals surface area (Å²) in [6, 6.07) is 7.20. The SMILES string of the molecule is COc1ccc(Cl)cc1C(=O)N/N=C/c1cc2c(cc1[N+](=O)[O-])OCO2. The van der Waals surface area contributed by atoms with E-state index in [9.17, 15) is 14.9 Å². The van der Waals surface area contributed by atoms with Crippen LogP contribution in [0.2, 0.25) is 5.02 Å². The van der Waals surface area contributed by atoms with Crippen molar-refractivity contribution in [2.24, 2.45) is 5.10 Å². The van der Waals surface area contributed by atoms with E-state index in [2.05, 4.69) is 10.5 Å². The molecule has 0 spiro atoms. The summed E-state index contributed by atoms with van der Waals surface area (Å²) in [4.78, 5) is 22.8. The second-order valence-corrected chi connectivity index (χ2v) is 5.50. The van der Waals surface area contributed by atoms with Gasteiger partial charge in [-0.1, -0.05) is 11.6 Å². The van der Waals surface area contributed by atoms with Crippen molar-refractivity contribution in [3.05, 3.63) is 56.6 Å². The number of carbonyl (C=O) groups is 1. The Hall–Kier alpha value is -3.33. The standard InChI is InChI=1S/C16H12ClN3O6/c1-24-13-3-2-10(17)5-11(13)16(21)19-18-7-9-4-14-15(26-8-25-14)6-12(9)20(22)23/h2-7H,8H2,1H3,(H,19,21)/b18-7+. The summed E-state index contributed by atoms with van der Waals surface area (Å²) >= 11 is 5.88. The quantitative estimate of drug-likeness (QED) is 0.487. The number of hydrazone groups is 1. The number of nitrogens with zero attached hydrogens (tertiary/aromatic N) is 2. The van der Waals surface area contributed by atoms with Crippen LogP contribution in [-0.2, 0) is 0 Å². The number of carbonyl (C=O) groups excluding carboxylic acids is 1. The van der Waals surface area contributed by atoms with Crippen molar-refractivity contribution in [1.29, 1.82) is 0 Å². The highest BCUT2D eigenvalue weighted by Crippen LogP contribution is 2.37. The summed E-state index contributed by atoms with van der Waals surface area (Å²) in [6.07, 6.45) is 1.15. The van der Waals surface area contributed by atoms with Crippen LogP contribution in [-0.4, -0.2) is 30.9 Å². The first-order valence-electron chi connectivity index (χ1n) is 7.24. The number of methoxy groups -OCH3 is 1. The minimum atomic E-state index is -0.580. The molecule has 3 rings (SSSR count). The van der Waals surface area contributed by atoms with E-state index >= 15 is 0 Å². The first-order valence-corrected chi connectivity index (χ1v) is 7.62. The van der Waals surface area contributed by atoms with Gasteiger partial charge in [-0.2, -0.15) is 5.10 Å². The van der Waals surface area contributed by atoms with Gasteiger partial charge in [0.15, 0.2) is 11.5 Å². The maximum absolute atomic E-state index is 12.2. The normalized spacial score (nSPS) is 12.2. The number of fused-ring (bicyclic) bond motifs is 1. The number of nitrogens with one attached hydrogen (secondary N) is 1. The lowest BCUT2D eigenvalue weighted by Crippen LogP contribution is -2.18. The molecule has 10 heteroatoms. The Balaban J connectivity index is 1.82. The fourth-order valence-corrected chi connectivity index (χ4v) is 2.46. The van der Waals surface area contributed by atoms with E-state index in [4.69, 9.17) is 25.8 Å². The molecule has 0 radical (unpaired) electrons. The third-order valence-corrected chi connectivity index (χ3v) is 3.73. The highest BCUT2D eigenvalue weighted by molar-refractivity contribution is 6.31. The highest BCUT2D eigenvalue weighted by atomic mass is 35.5. The number of hydrogen-bond donors (Lipinski definition) is 1. The van der Waals surface area contributed by atoms with Gasteiger partial charge in [0, 0.05) is 5.02 Å². The highest BCUT2D eigenvalue weighted by Gasteiger charge is 2.22. The number of rotatable bonds is 5. The second-order valence-electron chi connectivity index (χ2n) is 5.07. The molecule has 2 aromatic carbocycles. The fraction of sp³-hybridized carbons (Fsp3) is 0.125. The summed E-state index contributed by atoms with van der Waals surface area (Å²) in [7, 11) is 1.42. The van der Waals surface area contributed by atoms with Gasteiger partial charge < -0.3 is 14.2 Å². The Labute approximate surface area is 152 Å². The second kappa shape index (κ2) is 7.28. The summed E-state index contributed by atoms with van der Waals surface area (Å²) < 4.78 is 15.4. The lowest BCUT2D eigenvalue weighted by Gasteiger charge is -2.07. The Kier molecular flexibility index (Phi) is 4.90. The number of ether oxygens (including phenoxy) is 3. The smallest absolute Gasteiger partial charge is 0.282 e. The van der Waals surface area contributed by atoms with Gasteiger partial charge in [0.05, 0.1) is 35.4 Å². The Morgan fingerprint density at radius 3 is 2.77 bits per heavy atom. The van der Waals surface area contributed by atoms with Crippen LogP contribution in [0.25, 0.3) is 0 Å². The van der Waals surface area contributed by atoms with Gasteiger partial charge >= 0.3 is 0 Å².